The molecule has 0 fully saturated rings. The van der Waals surface area contributed by atoms with Gasteiger partial charge in [0.15, 0.2) is 0 Å². The van der Waals surface area contributed by atoms with Gasteiger partial charge in [0, 0.05) is 22.6 Å². The SMILES string of the molecule is Cc1cc(NC(=O)CC(N)C(C)C)cc(C)c1Br. The Balaban J connectivity index is 2.71. The van der Waals surface area contributed by atoms with Crippen LogP contribution in [0.3, 0.4) is 0 Å². The molecule has 0 aliphatic rings. The van der Waals surface area contributed by atoms with Gasteiger partial charge in [0.05, 0.1) is 0 Å². The van der Waals surface area contributed by atoms with E-state index >= 15 is 0 Å². The average molecular weight is 313 g/mol. The van der Waals surface area contributed by atoms with Gasteiger partial charge >= 0.3 is 0 Å². The van der Waals surface area contributed by atoms with E-state index in [-0.39, 0.29) is 11.9 Å². The number of carbonyl (C=O) groups is 1. The van der Waals surface area contributed by atoms with Crippen LogP contribution >= 0.6 is 15.9 Å². The van der Waals surface area contributed by atoms with E-state index in [1.807, 2.05) is 39.8 Å². The molecule has 0 aromatic heterocycles. The third-order valence-corrected chi connectivity index (χ3v) is 4.25. The first-order valence-corrected chi connectivity index (χ1v) is 6.92. The van der Waals surface area contributed by atoms with Gasteiger partial charge in [-0.3, -0.25) is 4.79 Å². The van der Waals surface area contributed by atoms with Crippen LogP contribution in [0.25, 0.3) is 0 Å². The van der Waals surface area contributed by atoms with Crippen LogP contribution in [0.2, 0.25) is 0 Å². The average Bonchev–Trinajstić information content (AvgIpc) is 2.25. The van der Waals surface area contributed by atoms with Crippen LogP contribution in [0.1, 0.15) is 31.4 Å². The highest BCUT2D eigenvalue weighted by molar-refractivity contribution is 9.10. The lowest BCUT2D eigenvalue weighted by molar-refractivity contribution is -0.116. The second kappa shape index (κ2) is 6.34. The molecule has 1 aromatic rings. The maximum atomic E-state index is 11.8. The Morgan fingerprint density at radius 3 is 2.28 bits per heavy atom. The molecule has 4 heteroatoms. The van der Waals surface area contributed by atoms with Gasteiger partial charge in [-0.2, -0.15) is 0 Å². The molecular formula is C14H21BrN2O. The minimum Gasteiger partial charge on any atom is -0.327 e. The summed E-state index contributed by atoms with van der Waals surface area (Å²) in [5.74, 6) is 0.279. The Hall–Kier alpha value is -0.870. The number of amides is 1. The van der Waals surface area contributed by atoms with E-state index in [0.29, 0.717) is 12.3 Å². The van der Waals surface area contributed by atoms with E-state index in [9.17, 15) is 4.79 Å². The van der Waals surface area contributed by atoms with Crippen LogP contribution in [0.4, 0.5) is 5.69 Å². The molecule has 1 amide bonds. The Kier molecular flexibility index (Phi) is 5.35. The molecule has 0 bridgehead atoms. The van der Waals surface area contributed by atoms with Crippen molar-refractivity contribution in [1.29, 1.82) is 0 Å². The predicted octanol–water partition coefficient (Wildman–Crippen LogP) is 3.38. The summed E-state index contributed by atoms with van der Waals surface area (Å²) in [6.45, 7) is 8.05. The molecule has 0 saturated carbocycles. The van der Waals surface area contributed by atoms with Gasteiger partial charge in [0.1, 0.15) is 0 Å². The molecule has 0 saturated heterocycles. The van der Waals surface area contributed by atoms with Gasteiger partial charge in [0.2, 0.25) is 5.91 Å². The molecule has 3 nitrogen and oxygen atoms in total. The zero-order chi connectivity index (χ0) is 13.9. The fourth-order valence-electron chi connectivity index (χ4n) is 1.68. The molecule has 0 spiro atoms. The predicted molar refractivity (Wildman–Crippen MR) is 79.7 cm³/mol. The third-order valence-electron chi connectivity index (χ3n) is 3.00. The first-order chi connectivity index (χ1) is 8.31. The lowest BCUT2D eigenvalue weighted by atomic mass is 10.0. The fourth-order valence-corrected chi connectivity index (χ4v) is 1.91. The fraction of sp³-hybridized carbons (Fsp3) is 0.500. The number of nitrogens with two attached hydrogens (primary N) is 1. The summed E-state index contributed by atoms with van der Waals surface area (Å²) in [7, 11) is 0. The van der Waals surface area contributed by atoms with E-state index in [0.717, 1.165) is 21.3 Å². The van der Waals surface area contributed by atoms with Gasteiger partial charge in [-0.05, 0) is 43.0 Å². The molecule has 1 atom stereocenters. The van der Waals surface area contributed by atoms with E-state index in [2.05, 4.69) is 21.2 Å². The summed E-state index contributed by atoms with van der Waals surface area (Å²) >= 11 is 3.51. The molecule has 1 rings (SSSR count). The van der Waals surface area contributed by atoms with E-state index < -0.39 is 0 Å². The summed E-state index contributed by atoms with van der Waals surface area (Å²) in [4.78, 5) is 11.8. The highest BCUT2D eigenvalue weighted by atomic mass is 79.9. The van der Waals surface area contributed by atoms with Crippen molar-refractivity contribution in [1.82, 2.24) is 0 Å². The maximum Gasteiger partial charge on any atom is 0.225 e. The third kappa shape index (κ3) is 4.10. The lowest BCUT2D eigenvalue weighted by Gasteiger charge is -2.15. The van der Waals surface area contributed by atoms with Crippen LogP contribution in [0.15, 0.2) is 16.6 Å². The summed E-state index contributed by atoms with van der Waals surface area (Å²) in [6.07, 6.45) is 0.353. The number of anilines is 1. The quantitative estimate of drug-likeness (QED) is 0.895. The number of aryl methyl sites for hydroxylation is 2. The van der Waals surface area contributed by atoms with Crippen LogP contribution in [-0.4, -0.2) is 11.9 Å². The molecule has 3 N–H and O–H groups in total. The molecule has 0 aliphatic carbocycles. The van der Waals surface area contributed by atoms with Crippen molar-refractivity contribution in [3.8, 4) is 0 Å². The van der Waals surface area contributed by atoms with Crippen LogP contribution in [0, 0.1) is 19.8 Å². The molecule has 0 heterocycles. The zero-order valence-corrected chi connectivity index (χ0v) is 13.0. The number of hydrogen-bond acceptors (Lipinski definition) is 2. The van der Waals surface area contributed by atoms with Crippen molar-refractivity contribution < 1.29 is 4.79 Å². The van der Waals surface area contributed by atoms with Crippen molar-refractivity contribution in [2.75, 3.05) is 5.32 Å². The maximum absolute atomic E-state index is 11.8. The number of carbonyl (C=O) groups excluding carboxylic acids is 1. The molecule has 1 unspecified atom stereocenters. The van der Waals surface area contributed by atoms with Crippen molar-refractivity contribution >= 4 is 27.5 Å². The molecule has 0 aliphatic heterocycles. The number of hydrogen-bond donors (Lipinski definition) is 2. The Morgan fingerprint density at radius 1 is 1.33 bits per heavy atom. The minimum absolute atomic E-state index is 0.0303. The molecule has 18 heavy (non-hydrogen) atoms. The first-order valence-electron chi connectivity index (χ1n) is 6.13. The van der Waals surface area contributed by atoms with Crippen molar-refractivity contribution in [3.05, 3.63) is 27.7 Å². The number of rotatable bonds is 4. The van der Waals surface area contributed by atoms with Gasteiger partial charge in [-0.25, -0.2) is 0 Å². The normalized spacial score (nSPS) is 12.6. The van der Waals surface area contributed by atoms with E-state index in [4.69, 9.17) is 5.73 Å². The minimum atomic E-state index is -0.0948. The smallest absolute Gasteiger partial charge is 0.225 e. The largest absolute Gasteiger partial charge is 0.327 e. The monoisotopic (exact) mass is 312 g/mol. The van der Waals surface area contributed by atoms with Gasteiger partial charge in [0.25, 0.3) is 0 Å². The zero-order valence-electron chi connectivity index (χ0n) is 11.4. The van der Waals surface area contributed by atoms with Crippen LogP contribution in [0.5, 0.6) is 0 Å². The molecule has 1 aromatic carbocycles. The number of benzene rings is 1. The summed E-state index contributed by atoms with van der Waals surface area (Å²) in [6, 6.07) is 3.81. The first kappa shape index (κ1) is 15.2. The second-order valence-corrected chi connectivity index (χ2v) is 5.88. The lowest BCUT2D eigenvalue weighted by Crippen LogP contribution is -2.31. The van der Waals surface area contributed by atoms with Crippen molar-refractivity contribution in [2.45, 2.75) is 40.2 Å². The van der Waals surface area contributed by atoms with Crippen molar-refractivity contribution in [3.63, 3.8) is 0 Å². The van der Waals surface area contributed by atoms with Crippen LogP contribution in [-0.2, 0) is 4.79 Å². The summed E-state index contributed by atoms with van der Waals surface area (Å²) in [5.41, 5.74) is 8.93. The van der Waals surface area contributed by atoms with E-state index in [1.165, 1.54) is 0 Å². The van der Waals surface area contributed by atoms with Gasteiger partial charge < -0.3 is 11.1 Å². The topological polar surface area (TPSA) is 55.1 Å². The van der Waals surface area contributed by atoms with Gasteiger partial charge in [-0.15, -0.1) is 0 Å². The highest BCUT2D eigenvalue weighted by Crippen LogP contribution is 2.25. The van der Waals surface area contributed by atoms with Crippen LogP contribution < -0.4 is 11.1 Å². The second-order valence-electron chi connectivity index (χ2n) is 5.08. The highest BCUT2D eigenvalue weighted by Gasteiger charge is 2.13. The summed E-state index contributed by atoms with van der Waals surface area (Å²) in [5, 5.41) is 2.90. The van der Waals surface area contributed by atoms with Gasteiger partial charge in [-0.1, -0.05) is 29.8 Å². The Bertz CT molecular complexity index is 420. The number of nitrogens with one attached hydrogen (secondary N) is 1. The molecule has 0 radical (unpaired) electrons. The standard InChI is InChI=1S/C14H21BrN2O/c1-8(2)12(16)7-13(18)17-11-5-9(3)14(15)10(4)6-11/h5-6,8,12H,7,16H2,1-4H3,(H,17,18). The molecular weight excluding hydrogens is 292 g/mol. The van der Waals surface area contributed by atoms with Crippen molar-refractivity contribution in [2.24, 2.45) is 11.7 Å². The number of halogens is 1. The molecule has 100 valence electrons. The Labute approximate surface area is 117 Å². The summed E-state index contributed by atoms with van der Waals surface area (Å²) < 4.78 is 1.08. The van der Waals surface area contributed by atoms with E-state index in [1.54, 1.807) is 0 Å². The Morgan fingerprint density at radius 2 is 1.83 bits per heavy atom.